The van der Waals surface area contributed by atoms with Crippen LogP contribution in [0.15, 0.2) is 0 Å². The molecule has 0 aliphatic rings. The van der Waals surface area contributed by atoms with Crippen molar-refractivity contribution in [2.24, 2.45) is 0 Å². The van der Waals surface area contributed by atoms with E-state index in [1.54, 1.807) is 0 Å². The molecule has 0 rings (SSSR count). The maximum absolute atomic E-state index is 12.8. The van der Waals surface area contributed by atoms with Gasteiger partial charge in [0.15, 0.2) is 6.10 Å². The predicted octanol–water partition coefficient (Wildman–Crippen LogP) is 21.1. The van der Waals surface area contributed by atoms with E-state index in [2.05, 4.69) is 20.8 Å². The Morgan fingerprint density at radius 2 is 0.391 bits per heavy atom. The molecule has 0 aliphatic heterocycles. The van der Waals surface area contributed by atoms with Crippen LogP contribution >= 0.6 is 0 Å². The molecule has 0 aromatic heterocycles. The molecule has 0 bridgehead atoms. The third kappa shape index (κ3) is 57.2. The summed E-state index contributed by atoms with van der Waals surface area (Å²) in [6, 6.07) is 0. The maximum atomic E-state index is 12.8. The molecule has 0 aromatic carbocycles. The molecule has 0 fully saturated rings. The van der Waals surface area contributed by atoms with Crippen molar-refractivity contribution in [1.29, 1.82) is 0 Å². The lowest BCUT2D eigenvalue weighted by Crippen LogP contribution is -2.30. The Hall–Kier alpha value is -1.59. The number of hydrogen-bond donors (Lipinski definition) is 0. The fraction of sp³-hybridized carbons (Fsp3) is 0.952. The van der Waals surface area contributed by atoms with E-state index in [1.807, 2.05) is 0 Å². The van der Waals surface area contributed by atoms with Gasteiger partial charge in [0.2, 0.25) is 0 Å². The summed E-state index contributed by atoms with van der Waals surface area (Å²) >= 11 is 0. The van der Waals surface area contributed by atoms with E-state index in [1.165, 1.54) is 270 Å². The van der Waals surface area contributed by atoms with Gasteiger partial charge in [0.05, 0.1) is 0 Å². The summed E-state index contributed by atoms with van der Waals surface area (Å²) in [4.78, 5) is 38.1. The quantitative estimate of drug-likeness (QED) is 0.0343. The van der Waals surface area contributed by atoms with Crippen molar-refractivity contribution in [3.8, 4) is 0 Å². The van der Waals surface area contributed by atoms with Gasteiger partial charge in [0.25, 0.3) is 0 Å². The van der Waals surface area contributed by atoms with Crippen molar-refractivity contribution < 1.29 is 28.6 Å². The molecule has 0 N–H and O–H groups in total. The second-order valence-electron chi connectivity index (χ2n) is 21.7. The second kappa shape index (κ2) is 59.0. The van der Waals surface area contributed by atoms with Crippen LogP contribution in [0.5, 0.6) is 0 Å². The minimum atomic E-state index is -0.761. The summed E-state index contributed by atoms with van der Waals surface area (Å²) in [6.45, 7) is 6.70. The Balaban J connectivity index is 4.08. The van der Waals surface area contributed by atoms with Gasteiger partial charge in [-0.15, -0.1) is 0 Å². The fourth-order valence-electron chi connectivity index (χ4n) is 9.86. The fourth-order valence-corrected chi connectivity index (χ4v) is 9.86. The molecule has 6 nitrogen and oxygen atoms in total. The van der Waals surface area contributed by atoms with Crippen LogP contribution in [0.25, 0.3) is 0 Å². The zero-order chi connectivity index (χ0) is 50.0. The molecule has 0 amide bonds. The van der Waals surface area contributed by atoms with Crippen molar-refractivity contribution >= 4 is 17.9 Å². The molecule has 0 aliphatic carbocycles. The van der Waals surface area contributed by atoms with Crippen LogP contribution in [0.3, 0.4) is 0 Å². The molecule has 410 valence electrons. The first kappa shape index (κ1) is 67.4. The van der Waals surface area contributed by atoms with Gasteiger partial charge in [-0.1, -0.05) is 329 Å². The number of esters is 3. The van der Waals surface area contributed by atoms with Gasteiger partial charge >= 0.3 is 17.9 Å². The van der Waals surface area contributed by atoms with Crippen molar-refractivity contribution in [2.75, 3.05) is 13.2 Å². The third-order valence-electron chi connectivity index (χ3n) is 14.6. The van der Waals surface area contributed by atoms with Crippen molar-refractivity contribution in [2.45, 2.75) is 374 Å². The highest BCUT2D eigenvalue weighted by Gasteiger charge is 2.19. The topological polar surface area (TPSA) is 78.9 Å². The molecular formula is C63H122O6. The number of carbonyl (C=O) groups is 3. The largest absolute Gasteiger partial charge is 0.462 e. The van der Waals surface area contributed by atoms with Crippen LogP contribution < -0.4 is 0 Å². The SMILES string of the molecule is CCCCCCCCCCCCCCCCCCCCCCCCCCCCCC(=O)OCC(COC(=O)CCCCCCCCCCCCC)OC(=O)CCCCCCCCCCCCCCC. The highest BCUT2D eigenvalue weighted by molar-refractivity contribution is 5.71. The molecule has 6 heteroatoms. The van der Waals surface area contributed by atoms with Crippen LogP contribution in [0.4, 0.5) is 0 Å². The highest BCUT2D eigenvalue weighted by Crippen LogP contribution is 2.18. The molecule has 0 aromatic rings. The lowest BCUT2D eigenvalue weighted by Gasteiger charge is -2.18. The van der Waals surface area contributed by atoms with E-state index in [9.17, 15) is 14.4 Å². The molecule has 0 spiro atoms. The summed E-state index contributed by atoms with van der Waals surface area (Å²) < 4.78 is 16.9. The van der Waals surface area contributed by atoms with Gasteiger partial charge in [-0.05, 0) is 19.3 Å². The summed E-state index contributed by atoms with van der Waals surface area (Å²) in [7, 11) is 0. The first-order valence-electron chi connectivity index (χ1n) is 31.5. The number of ether oxygens (including phenoxy) is 3. The van der Waals surface area contributed by atoms with Crippen molar-refractivity contribution in [3.63, 3.8) is 0 Å². The predicted molar refractivity (Wildman–Crippen MR) is 298 cm³/mol. The van der Waals surface area contributed by atoms with Gasteiger partial charge in [0, 0.05) is 19.3 Å². The Morgan fingerprint density at radius 1 is 0.232 bits per heavy atom. The second-order valence-corrected chi connectivity index (χ2v) is 21.7. The number of rotatable bonds is 59. The minimum Gasteiger partial charge on any atom is -0.462 e. The maximum Gasteiger partial charge on any atom is 0.306 e. The van der Waals surface area contributed by atoms with E-state index < -0.39 is 6.10 Å². The zero-order valence-electron chi connectivity index (χ0n) is 47.1. The molecule has 0 heterocycles. The number of carbonyl (C=O) groups excluding carboxylic acids is 3. The first-order valence-corrected chi connectivity index (χ1v) is 31.5. The molecule has 1 unspecified atom stereocenters. The summed E-state index contributed by atoms with van der Waals surface area (Å²) in [5.41, 5.74) is 0. The van der Waals surface area contributed by atoms with E-state index >= 15 is 0 Å². The van der Waals surface area contributed by atoms with Crippen molar-refractivity contribution in [3.05, 3.63) is 0 Å². The lowest BCUT2D eigenvalue weighted by molar-refractivity contribution is -0.167. The normalized spacial score (nSPS) is 11.9. The summed E-state index contributed by atoms with van der Waals surface area (Å²) in [6.07, 6.45) is 67.0. The molecule has 69 heavy (non-hydrogen) atoms. The van der Waals surface area contributed by atoms with E-state index in [0.29, 0.717) is 19.3 Å². The minimum absolute atomic E-state index is 0.0611. The molecule has 0 radical (unpaired) electrons. The Morgan fingerprint density at radius 3 is 0.580 bits per heavy atom. The summed E-state index contributed by atoms with van der Waals surface area (Å²) in [5.74, 6) is -0.832. The standard InChI is InChI=1S/C63H122O6/c1-4-7-10-13-16-19-22-24-25-26-27-28-29-30-31-32-33-34-35-36-37-39-41-44-47-50-53-56-62(65)68-59-60(58-67-61(64)55-52-49-46-43-40-21-18-15-12-9-6-3)69-63(66)57-54-51-48-45-42-38-23-20-17-14-11-8-5-2/h60H,4-59H2,1-3H3. The Labute approximate surface area is 431 Å². The van der Waals surface area contributed by atoms with E-state index in [4.69, 9.17) is 14.2 Å². The van der Waals surface area contributed by atoms with Crippen LogP contribution in [0.1, 0.15) is 367 Å². The first-order chi connectivity index (χ1) is 34.0. The van der Waals surface area contributed by atoms with Crippen LogP contribution in [0.2, 0.25) is 0 Å². The summed E-state index contributed by atoms with van der Waals surface area (Å²) in [5, 5.41) is 0. The van der Waals surface area contributed by atoms with Crippen LogP contribution in [-0.2, 0) is 28.6 Å². The third-order valence-corrected chi connectivity index (χ3v) is 14.6. The average Bonchev–Trinajstić information content (AvgIpc) is 3.35. The van der Waals surface area contributed by atoms with Gasteiger partial charge in [-0.3, -0.25) is 14.4 Å². The molecule has 1 atom stereocenters. The molecular weight excluding hydrogens is 853 g/mol. The Bertz CT molecular complexity index is 1030. The highest BCUT2D eigenvalue weighted by atomic mass is 16.6. The van der Waals surface area contributed by atoms with Crippen molar-refractivity contribution in [1.82, 2.24) is 0 Å². The molecule has 0 saturated heterocycles. The lowest BCUT2D eigenvalue weighted by atomic mass is 10.0. The average molecular weight is 976 g/mol. The van der Waals surface area contributed by atoms with Gasteiger partial charge < -0.3 is 14.2 Å². The van der Waals surface area contributed by atoms with Crippen LogP contribution in [0, 0.1) is 0 Å². The monoisotopic (exact) mass is 975 g/mol. The van der Waals surface area contributed by atoms with Gasteiger partial charge in [-0.2, -0.15) is 0 Å². The van der Waals surface area contributed by atoms with Crippen LogP contribution in [-0.4, -0.2) is 37.2 Å². The van der Waals surface area contributed by atoms with E-state index in [0.717, 1.165) is 57.8 Å². The zero-order valence-corrected chi connectivity index (χ0v) is 47.1. The Kier molecular flexibility index (Phi) is 57.6. The van der Waals surface area contributed by atoms with Gasteiger partial charge in [0.1, 0.15) is 13.2 Å². The smallest absolute Gasteiger partial charge is 0.306 e. The number of hydrogen-bond acceptors (Lipinski definition) is 6. The van der Waals surface area contributed by atoms with Gasteiger partial charge in [-0.25, -0.2) is 0 Å². The van der Waals surface area contributed by atoms with E-state index in [-0.39, 0.29) is 31.1 Å². The molecule has 0 saturated carbocycles. The number of unbranched alkanes of at least 4 members (excludes halogenated alkanes) is 48.